The normalized spacial score (nSPS) is 17.3. The van der Waals surface area contributed by atoms with E-state index in [-0.39, 0.29) is 25.2 Å². The number of carboxylic acid groups (broad SMARTS) is 1. The van der Waals surface area contributed by atoms with Crippen LogP contribution in [0.2, 0.25) is 0 Å². The van der Waals surface area contributed by atoms with Gasteiger partial charge < -0.3 is 14.7 Å². The average molecular weight is 382 g/mol. The SMILES string of the molecule is C[C@@H]1CN(Cc2ccc(CC(=O)O)cc2)CCN1C(=O)OCc1ccccc1. The average Bonchev–Trinajstić information content (AvgIpc) is 2.68. The van der Waals surface area contributed by atoms with Crippen LogP contribution >= 0.6 is 0 Å². The van der Waals surface area contributed by atoms with Crippen LogP contribution < -0.4 is 0 Å². The van der Waals surface area contributed by atoms with Crippen LogP contribution in [0, 0.1) is 0 Å². The highest BCUT2D eigenvalue weighted by atomic mass is 16.6. The molecule has 2 aromatic rings. The zero-order valence-corrected chi connectivity index (χ0v) is 16.1. The fourth-order valence-electron chi connectivity index (χ4n) is 3.45. The first kappa shape index (κ1) is 19.9. The highest BCUT2D eigenvalue weighted by Crippen LogP contribution is 2.15. The smallest absolute Gasteiger partial charge is 0.410 e. The van der Waals surface area contributed by atoms with E-state index in [2.05, 4.69) is 4.90 Å². The number of aliphatic carboxylic acids is 1. The Hall–Kier alpha value is -2.86. The van der Waals surface area contributed by atoms with Crippen LogP contribution in [0.25, 0.3) is 0 Å². The zero-order chi connectivity index (χ0) is 19.9. The maximum absolute atomic E-state index is 12.4. The van der Waals surface area contributed by atoms with Crippen LogP contribution in [-0.2, 0) is 29.1 Å². The molecule has 1 atom stereocenters. The molecule has 0 aromatic heterocycles. The molecule has 2 aromatic carbocycles. The number of carbonyl (C=O) groups is 2. The Labute approximate surface area is 165 Å². The van der Waals surface area contributed by atoms with Crippen LogP contribution in [0.4, 0.5) is 4.79 Å². The van der Waals surface area contributed by atoms with E-state index in [0.717, 1.165) is 36.3 Å². The van der Waals surface area contributed by atoms with E-state index in [0.29, 0.717) is 6.54 Å². The second-order valence-electron chi connectivity index (χ2n) is 7.20. The van der Waals surface area contributed by atoms with Crippen LogP contribution in [0.3, 0.4) is 0 Å². The lowest BCUT2D eigenvalue weighted by Crippen LogP contribution is -2.53. The summed E-state index contributed by atoms with van der Waals surface area (Å²) in [7, 11) is 0. The van der Waals surface area contributed by atoms with Crippen LogP contribution in [-0.4, -0.2) is 52.6 Å². The molecule has 0 bridgehead atoms. The Balaban J connectivity index is 1.47. The predicted molar refractivity (Wildman–Crippen MR) is 106 cm³/mol. The van der Waals surface area contributed by atoms with Crippen LogP contribution in [0.15, 0.2) is 54.6 Å². The van der Waals surface area contributed by atoms with Crippen molar-refractivity contribution < 1.29 is 19.4 Å². The third-order valence-corrected chi connectivity index (χ3v) is 4.94. The van der Waals surface area contributed by atoms with Gasteiger partial charge in [-0.15, -0.1) is 0 Å². The number of carbonyl (C=O) groups excluding carboxylic acids is 1. The van der Waals surface area contributed by atoms with E-state index in [1.165, 1.54) is 0 Å². The van der Waals surface area contributed by atoms with Crippen molar-refractivity contribution in [3.63, 3.8) is 0 Å². The van der Waals surface area contributed by atoms with E-state index in [1.54, 1.807) is 4.90 Å². The van der Waals surface area contributed by atoms with Crippen molar-refractivity contribution in [3.05, 3.63) is 71.3 Å². The van der Waals surface area contributed by atoms with Gasteiger partial charge in [-0.3, -0.25) is 9.69 Å². The summed E-state index contributed by atoms with van der Waals surface area (Å²) in [6.07, 6.45) is -0.227. The van der Waals surface area contributed by atoms with Gasteiger partial charge >= 0.3 is 12.1 Å². The first-order chi connectivity index (χ1) is 13.5. The molecule has 1 saturated heterocycles. The molecule has 0 radical (unpaired) electrons. The maximum Gasteiger partial charge on any atom is 0.410 e. The Morgan fingerprint density at radius 3 is 2.32 bits per heavy atom. The monoisotopic (exact) mass is 382 g/mol. The summed E-state index contributed by atoms with van der Waals surface area (Å²) < 4.78 is 5.46. The first-order valence-corrected chi connectivity index (χ1v) is 9.50. The third kappa shape index (κ3) is 5.57. The highest BCUT2D eigenvalue weighted by molar-refractivity contribution is 5.70. The van der Waals surface area contributed by atoms with E-state index in [1.807, 2.05) is 61.5 Å². The third-order valence-electron chi connectivity index (χ3n) is 4.94. The lowest BCUT2D eigenvalue weighted by Gasteiger charge is -2.39. The molecule has 28 heavy (non-hydrogen) atoms. The van der Waals surface area contributed by atoms with Gasteiger partial charge in [0.15, 0.2) is 0 Å². The van der Waals surface area contributed by atoms with Crippen molar-refractivity contribution in [2.45, 2.75) is 32.5 Å². The zero-order valence-electron chi connectivity index (χ0n) is 16.1. The standard InChI is InChI=1S/C22H26N2O4/c1-17-14-23(15-19-9-7-18(8-10-19)13-21(25)26)11-12-24(17)22(27)28-16-20-5-3-2-4-6-20/h2-10,17H,11-16H2,1H3,(H,25,26)/t17-/m1/s1. The second-order valence-corrected chi connectivity index (χ2v) is 7.20. The highest BCUT2D eigenvalue weighted by Gasteiger charge is 2.28. The topological polar surface area (TPSA) is 70.1 Å². The van der Waals surface area contributed by atoms with E-state index in [9.17, 15) is 9.59 Å². The summed E-state index contributed by atoms with van der Waals surface area (Å²) in [5.41, 5.74) is 2.92. The molecule has 1 amide bonds. The van der Waals surface area contributed by atoms with Gasteiger partial charge in [0, 0.05) is 32.2 Å². The molecule has 6 heteroatoms. The summed E-state index contributed by atoms with van der Waals surface area (Å²) in [6, 6.07) is 17.4. The van der Waals surface area contributed by atoms with Crippen molar-refractivity contribution in [1.29, 1.82) is 0 Å². The van der Waals surface area contributed by atoms with Gasteiger partial charge in [0.1, 0.15) is 6.61 Å². The van der Waals surface area contributed by atoms with Gasteiger partial charge in [0.05, 0.1) is 6.42 Å². The van der Waals surface area contributed by atoms with Crippen LogP contribution in [0.5, 0.6) is 0 Å². The molecule has 1 N–H and O–H groups in total. The molecular formula is C22H26N2O4. The minimum atomic E-state index is -0.822. The number of benzene rings is 2. The predicted octanol–water partition coefficient (Wildman–Crippen LogP) is 3.16. The van der Waals surface area contributed by atoms with Crippen molar-refractivity contribution in [2.75, 3.05) is 19.6 Å². The van der Waals surface area contributed by atoms with Crippen LogP contribution in [0.1, 0.15) is 23.6 Å². The minimum Gasteiger partial charge on any atom is -0.481 e. The summed E-state index contributed by atoms with van der Waals surface area (Å²) in [4.78, 5) is 27.3. The summed E-state index contributed by atoms with van der Waals surface area (Å²) >= 11 is 0. The quantitative estimate of drug-likeness (QED) is 0.831. The minimum absolute atomic E-state index is 0.0427. The number of hydrogen-bond acceptors (Lipinski definition) is 4. The van der Waals surface area contributed by atoms with Crippen molar-refractivity contribution in [2.24, 2.45) is 0 Å². The fraction of sp³-hybridized carbons (Fsp3) is 0.364. The molecule has 0 spiro atoms. The largest absolute Gasteiger partial charge is 0.481 e. The Kier molecular flexibility index (Phi) is 6.66. The number of rotatable bonds is 6. The van der Waals surface area contributed by atoms with Gasteiger partial charge in [-0.05, 0) is 23.6 Å². The summed E-state index contributed by atoms with van der Waals surface area (Å²) in [5.74, 6) is -0.822. The number of piperazine rings is 1. The first-order valence-electron chi connectivity index (χ1n) is 9.50. The molecule has 1 aliphatic heterocycles. The molecule has 1 fully saturated rings. The molecule has 0 aliphatic carbocycles. The van der Waals surface area contributed by atoms with Gasteiger partial charge in [-0.25, -0.2) is 4.79 Å². The Morgan fingerprint density at radius 1 is 1.00 bits per heavy atom. The van der Waals surface area contributed by atoms with E-state index in [4.69, 9.17) is 9.84 Å². The van der Waals surface area contributed by atoms with Gasteiger partial charge in [-0.2, -0.15) is 0 Å². The molecule has 1 aliphatic rings. The molecule has 6 nitrogen and oxygen atoms in total. The van der Waals surface area contributed by atoms with E-state index >= 15 is 0 Å². The second kappa shape index (κ2) is 9.37. The molecule has 0 saturated carbocycles. The summed E-state index contributed by atoms with van der Waals surface area (Å²) in [5, 5.41) is 8.85. The molecule has 1 heterocycles. The van der Waals surface area contributed by atoms with Gasteiger partial charge in [-0.1, -0.05) is 54.6 Å². The number of hydrogen-bond donors (Lipinski definition) is 1. The molecule has 148 valence electrons. The van der Waals surface area contributed by atoms with Crippen molar-refractivity contribution >= 4 is 12.1 Å². The number of amides is 1. The molecule has 3 rings (SSSR count). The van der Waals surface area contributed by atoms with Gasteiger partial charge in [0.2, 0.25) is 0 Å². The lowest BCUT2D eigenvalue weighted by atomic mass is 10.1. The van der Waals surface area contributed by atoms with E-state index < -0.39 is 5.97 Å². The van der Waals surface area contributed by atoms with Crippen molar-refractivity contribution in [3.8, 4) is 0 Å². The maximum atomic E-state index is 12.4. The summed E-state index contributed by atoms with van der Waals surface area (Å²) in [6.45, 7) is 5.29. The number of ether oxygens (including phenoxy) is 1. The lowest BCUT2D eigenvalue weighted by molar-refractivity contribution is -0.136. The van der Waals surface area contributed by atoms with Crippen molar-refractivity contribution in [1.82, 2.24) is 9.80 Å². The Morgan fingerprint density at radius 2 is 1.68 bits per heavy atom. The fourth-order valence-corrected chi connectivity index (χ4v) is 3.45. The number of nitrogens with zero attached hydrogens (tertiary/aromatic N) is 2. The van der Waals surface area contributed by atoms with Gasteiger partial charge in [0.25, 0.3) is 0 Å². The molecular weight excluding hydrogens is 356 g/mol. The number of carboxylic acids is 1. The molecule has 0 unspecified atom stereocenters. The Bertz CT molecular complexity index is 792.